The average molecular weight is 206 g/mol. The molecule has 1 fully saturated rings. The largest absolute Gasteiger partial charge is 0.459 e. The van der Waals surface area contributed by atoms with Gasteiger partial charge in [0.1, 0.15) is 12.1 Å². The van der Waals surface area contributed by atoms with E-state index in [2.05, 4.69) is 5.32 Å². The Labute approximate surface area is 88.4 Å². The molecular formula is C11H14N2O2. The molecule has 1 aromatic rings. The summed E-state index contributed by atoms with van der Waals surface area (Å²) in [6.45, 7) is 1.29. The molecule has 0 atom stereocenters. The summed E-state index contributed by atoms with van der Waals surface area (Å²) in [5.74, 6) is -0.329. The molecule has 0 unspecified atom stereocenters. The van der Waals surface area contributed by atoms with Gasteiger partial charge < -0.3 is 15.8 Å². The van der Waals surface area contributed by atoms with Crippen molar-refractivity contribution in [3.63, 3.8) is 0 Å². The quantitative estimate of drug-likeness (QED) is 0.685. The number of nitrogens with one attached hydrogen (secondary N) is 1. The van der Waals surface area contributed by atoms with Crippen molar-refractivity contribution in [2.75, 3.05) is 13.1 Å². The summed E-state index contributed by atoms with van der Waals surface area (Å²) in [5.41, 5.74) is 5.94. The highest BCUT2D eigenvalue weighted by atomic mass is 16.5. The molecule has 0 bridgehead atoms. The molecule has 4 heteroatoms. The van der Waals surface area contributed by atoms with Crippen LogP contribution in [0.1, 0.15) is 5.56 Å². The number of nitrogens with two attached hydrogens (primary N) is 1. The highest BCUT2D eigenvalue weighted by molar-refractivity contribution is 5.82. The third-order valence-electron chi connectivity index (χ3n) is 2.50. The Morgan fingerprint density at radius 1 is 1.40 bits per heavy atom. The van der Waals surface area contributed by atoms with E-state index in [0.717, 1.165) is 5.56 Å². The van der Waals surface area contributed by atoms with Gasteiger partial charge in [0, 0.05) is 13.1 Å². The fourth-order valence-corrected chi connectivity index (χ4v) is 1.41. The molecule has 1 heterocycles. The summed E-state index contributed by atoms with van der Waals surface area (Å²) >= 11 is 0. The van der Waals surface area contributed by atoms with Crippen molar-refractivity contribution in [2.24, 2.45) is 5.73 Å². The van der Waals surface area contributed by atoms with E-state index in [1.54, 1.807) is 0 Å². The van der Waals surface area contributed by atoms with Crippen molar-refractivity contribution in [1.82, 2.24) is 5.32 Å². The second kappa shape index (κ2) is 4.00. The molecule has 1 aliphatic heterocycles. The Balaban J connectivity index is 1.86. The van der Waals surface area contributed by atoms with E-state index in [9.17, 15) is 4.79 Å². The van der Waals surface area contributed by atoms with E-state index < -0.39 is 5.54 Å². The minimum atomic E-state index is -0.811. The number of carbonyl (C=O) groups is 1. The fraction of sp³-hybridized carbons (Fsp3) is 0.364. The molecule has 0 aliphatic carbocycles. The predicted molar refractivity (Wildman–Crippen MR) is 56.0 cm³/mol. The zero-order valence-corrected chi connectivity index (χ0v) is 8.40. The van der Waals surface area contributed by atoms with E-state index in [1.165, 1.54) is 0 Å². The summed E-state index contributed by atoms with van der Waals surface area (Å²) in [5, 5.41) is 2.95. The van der Waals surface area contributed by atoms with Gasteiger partial charge in [-0.3, -0.25) is 0 Å². The normalized spacial score (nSPS) is 17.9. The van der Waals surface area contributed by atoms with Gasteiger partial charge in [0.15, 0.2) is 0 Å². The number of rotatable bonds is 3. The first-order valence-electron chi connectivity index (χ1n) is 4.91. The monoisotopic (exact) mass is 206 g/mol. The lowest BCUT2D eigenvalue weighted by atomic mass is 9.94. The topological polar surface area (TPSA) is 64.4 Å². The number of hydrogen-bond acceptors (Lipinski definition) is 4. The Hall–Kier alpha value is -1.39. The number of hydrogen-bond donors (Lipinski definition) is 2. The molecule has 0 aromatic heterocycles. The Kier molecular flexibility index (Phi) is 2.70. The maximum atomic E-state index is 11.5. The predicted octanol–water partition coefficient (Wildman–Crippen LogP) is 0.0305. The molecule has 1 aromatic carbocycles. The van der Waals surface area contributed by atoms with Gasteiger partial charge in [0.2, 0.25) is 0 Å². The third kappa shape index (κ3) is 2.16. The van der Waals surface area contributed by atoms with Crippen LogP contribution in [0.3, 0.4) is 0 Å². The molecule has 1 saturated heterocycles. The standard InChI is InChI=1S/C11H14N2O2/c12-11(7-13-8-11)10(14)15-6-9-4-2-1-3-5-9/h1-5,13H,6-8,12H2. The number of esters is 1. The van der Waals surface area contributed by atoms with Crippen LogP contribution in [0.2, 0.25) is 0 Å². The van der Waals surface area contributed by atoms with E-state index in [0.29, 0.717) is 19.7 Å². The lowest BCUT2D eigenvalue weighted by Crippen LogP contribution is -2.70. The van der Waals surface area contributed by atoms with Crippen molar-refractivity contribution >= 4 is 5.97 Å². The Morgan fingerprint density at radius 2 is 2.07 bits per heavy atom. The van der Waals surface area contributed by atoms with Gasteiger partial charge in [0.05, 0.1) is 0 Å². The van der Waals surface area contributed by atoms with Gasteiger partial charge in [-0.05, 0) is 5.56 Å². The van der Waals surface area contributed by atoms with E-state index in [-0.39, 0.29) is 5.97 Å². The molecular weight excluding hydrogens is 192 g/mol. The van der Waals surface area contributed by atoms with Crippen LogP contribution >= 0.6 is 0 Å². The van der Waals surface area contributed by atoms with Crippen LogP contribution in [0.5, 0.6) is 0 Å². The zero-order chi connectivity index (χ0) is 10.7. The van der Waals surface area contributed by atoms with Crippen molar-refractivity contribution < 1.29 is 9.53 Å². The molecule has 0 spiro atoms. The van der Waals surface area contributed by atoms with Gasteiger partial charge in [-0.15, -0.1) is 0 Å². The van der Waals surface area contributed by atoms with Crippen molar-refractivity contribution in [3.05, 3.63) is 35.9 Å². The maximum Gasteiger partial charge on any atom is 0.329 e. The smallest absolute Gasteiger partial charge is 0.329 e. The van der Waals surface area contributed by atoms with Crippen molar-refractivity contribution in [3.8, 4) is 0 Å². The SMILES string of the molecule is NC1(C(=O)OCc2ccccc2)CNC1. The summed E-state index contributed by atoms with van der Waals surface area (Å²) in [4.78, 5) is 11.5. The van der Waals surface area contributed by atoms with E-state index in [1.807, 2.05) is 30.3 Å². The molecule has 0 amide bonds. The summed E-state index contributed by atoms with van der Waals surface area (Å²) in [6.07, 6.45) is 0. The Morgan fingerprint density at radius 3 is 2.60 bits per heavy atom. The van der Waals surface area contributed by atoms with Crippen LogP contribution in [0.15, 0.2) is 30.3 Å². The number of ether oxygens (including phenoxy) is 1. The lowest BCUT2D eigenvalue weighted by Gasteiger charge is -2.36. The number of benzene rings is 1. The summed E-state index contributed by atoms with van der Waals surface area (Å²) < 4.78 is 5.13. The zero-order valence-electron chi connectivity index (χ0n) is 8.40. The average Bonchev–Trinajstić information content (AvgIpc) is 2.24. The molecule has 0 radical (unpaired) electrons. The van der Waals surface area contributed by atoms with Crippen LogP contribution in [0, 0.1) is 0 Å². The third-order valence-corrected chi connectivity index (χ3v) is 2.50. The minimum Gasteiger partial charge on any atom is -0.459 e. The molecule has 15 heavy (non-hydrogen) atoms. The first-order valence-corrected chi connectivity index (χ1v) is 4.91. The molecule has 80 valence electrons. The van der Waals surface area contributed by atoms with Crippen molar-refractivity contribution in [2.45, 2.75) is 12.1 Å². The Bertz CT molecular complexity index is 347. The van der Waals surface area contributed by atoms with Gasteiger partial charge in [-0.25, -0.2) is 4.79 Å². The second-order valence-corrected chi connectivity index (χ2v) is 3.82. The van der Waals surface area contributed by atoms with Crippen LogP contribution < -0.4 is 11.1 Å². The first-order chi connectivity index (χ1) is 7.21. The van der Waals surface area contributed by atoms with Gasteiger partial charge in [-0.2, -0.15) is 0 Å². The van der Waals surface area contributed by atoms with Gasteiger partial charge >= 0.3 is 5.97 Å². The summed E-state index contributed by atoms with van der Waals surface area (Å²) in [7, 11) is 0. The molecule has 2 rings (SSSR count). The molecule has 4 nitrogen and oxygen atoms in total. The summed E-state index contributed by atoms with van der Waals surface area (Å²) in [6, 6.07) is 9.56. The molecule has 1 aliphatic rings. The maximum absolute atomic E-state index is 11.5. The highest BCUT2D eigenvalue weighted by Gasteiger charge is 2.41. The second-order valence-electron chi connectivity index (χ2n) is 3.82. The fourth-order valence-electron chi connectivity index (χ4n) is 1.41. The van der Waals surface area contributed by atoms with Crippen LogP contribution in [0.25, 0.3) is 0 Å². The highest BCUT2D eigenvalue weighted by Crippen LogP contribution is 2.11. The minimum absolute atomic E-state index is 0.290. The molecule has 3 N–H and O–H groups in total. The lowest BCUT2D eigenvalue weighted by molar-refractivity contribution is -0.153. The van der Waals surface area contributed by atoms with Crippen LogP contribution in [-0.4, -0.2) is 24.6 Å². The number of carbonyl (C=O) groups excluding carboxylic acids is 1. The van der Waals surface area contributed by atoms with Crippen molar-refractivity contribution in [1.29, 1.82) is 0 Å². The van der Waals surface area contributed by atoms with Crippen LogP contribution in [0.4, 0.5) is 0 Å². The van der Waals surface area contributed by atoms with E-state index in [4.69, 9.17) is 10.5 Å². The van der Waals surface area contributed by atoms with Gasteiger partial charge in [-0.1, -0.05) is 30.3 Å². The van der Waals surface area contributed by atoms with Gasteiger partial charge in [0.25, 0.3) is 0 Å². The van der Waals surface area contributed by atoms with Crippen LogP contribution in [-0.2, 0) is 16.1 Å². The van der Waals surface area contributed by atoms with E-state index >= 15 is 0 Å². The molecule has 0 saturated carbocycles. The first kappa shape index (κ1) is 10.1.